The van der Waals surface area contributed by atoms with E-state index in [0.717, 1.165) is 18.4 Å². The van der Waals surface area contributed by atoms with Crippen LogP contribution in [0.1, 0.15) is 31.2 Å². The van der Waals surface area contributed by atoms with Gasteiger partial charge in [0, 0.05) is 12.2 Å². The molecule has 0 atom stereocenters. The zero-order valence-electron chi connectivity index (χ0n) is 11.3. The molecule has 1 aromatic carbocycles. The van der Waals surface area contributed by atoms with Crippen LogP contribution in [0, 0.1) is 0 Å². The standard InChI is InChI=1S/C14H20N2O3S/c15-9-11-5-7-12(8-6-11)16-14(17)10-20(18,19)13-3-1-2-4-13/h5-8,13H,1-4,9-10,15H2,(H,16,17). The minimum atomic E-state index is -3.32. The molecule has 0 aromatic heterocycles. The monoisotopic (exact) mass is 296 g/mol. The Kier molecular flexibility index (Phi) is 4.77. The lowest BCUT2D eigenvalue weighted by Crippen LogP contribution is -2.29. The van der Waals surface area contributed by atoms with Gasteiger partial charge in [-0.15, -0.1) is 0 Å². The highest BCUT2D eigenvalue weighted by molar-refractivity contribution is 7.92. The third kappa shape index (κ3) is 3.80. The number of hydrogen-bond donors (Lipinski definition) is 2. The predicted octanol–water partition coefficient (Wildman–Crippen LogP) is 1.44. The zero-order valence-corrected chi connectivity index (χ0v) is 12.2. The van der Waals surface area contributed by atoms with Crippen molar-refractivity contribution in [3.8, 4) is 0 Å². The van der Waals surface area contributed by atoms with E-state index in [9.17, 15) is 13.2 Å². The van der Waals surface area contributed by atoms with Crippen molar-refractivity contribution in [3.63, 3.8) is 0 Å². The fourth-order valence-electron chi connectivity index (χ4n) is 2.47. The van der Waals surface area contributed by atoms with Gasteiger partial charge in [-0.3, -0.25) is 4.79 Å². The summed E-state index contributed by atoms with van der Waals surface area (Å²) in [7, 11) is -3.32. The van der Waals surface area contributed by atoms with Gasteiger partial charge in [-0.05, 0) is 30.5 Å². The summed E-state index contributed by atoms with van der Waals surface area (Å²) in [6.45, 7) is 0.435. The summed E-state index contributed by atoms with van der Waals surface area (Å²) < 4.78 is 24.1. The maximum absolute atomic E-state index is 12.1. The topological polar surface area (TPSA) is 89.3 Å². The van der Waals surface area contributed by atoms with Crippen molar-refractivity contribution in [1.29, 1.82) is 0 Å². The third-order valence-corrected chi connectivity index (χ3v) is 5.77. The second-order valence-corrected chi connectivity index (χ2v) is 7.44. The number of rotatable bonds is 5. The Morgan fingerprint density at radius 3 is 2.35 bits per heavy atom. The van der Waals surface area contributed by atoms with Crippen molar-refractivity contribution in [1.82, 2.24) is 0 Å². The average molecular weight is 296 g/mol. The predicted molar refractivity (Wildman–Crippen MR) is 79.0 cm³/mol. The fourth-order valence-corrected chi connectivity index (χ4v) is 4.19. The van der Waals surface area contributed by atoms with Gasteiger partial charge in [-0.1, -0.05) is 25.0 Å². The van der Waals surface area contributed by atoms with Gasteiger partial charge in [0.15, 0.2) is 9.84 Å². The van der Waals surface area contributed by atoms with Crippen LogP contribution >= 0.6 is 0 Å². The molecule has 2 rings (SSSR count). The van der Waals surface area contributed by atoms with Crippen molar-refractivity contribution < 1.29 is 13.2 Å². The third-order valence-electron chi connectivity index (χ3n) is 3.62. The molecule has 1 fully saturated rings. The van der Waals surface area contributed by atoms with E-state index in [1.807, 2.05) is 0 Å². The molecule has 20 heavy (non-hydrogen) atoms. The average Bonchev–Trinajstić information content (AvgIpc) is 2.93. The number of nitrogens with two attached hydrogens (primary N) is 1. The molecule has 6 heteroatoms. The SMILES string of the molecule is NCc1ccc(NC(=O)CS(=O)(=O)C2CCCC2)cc1. The van der Waals surface area contributed by atoms with Gasteiger partial charge in [-0.25, -0.2) is 8.42 Å². The molecule has 0 bridgehead atoms. The smallest absolute Gasteiger partial charge is 0.239 e. The van der Waals surface area contributed by atoms with Crippen LogP contribution in [0.3, 0.4) is 0 Å². The first-order valence-corrected chi connectivity index (χ1v) is 8.53. The van der Waals surface area contributed by atoms with Crippen LogP contribution < -0.4 is 11.1 Å². The number of carbonyl (C=O) groups excluding carboxylic acids is 1. The molecule has 1 aliphatic rings. The van der Waals surface area contributed by atoms with Crippen molar-refractivity contribution >= 4 is 21.4 Å². The summed E-state index contributed by atoms with van der Waals surface area (Å²) in [5.41, 5.74) is 7.04. The molecule has 0 saturated heterocycles. The maximum Gasteiger partial charge on any atom is 0.239 e. The lowest BCUT2D eigenvalue weighted by Gasteiger charge is -2.11. The van der Waals surface area contributed by atoms with Gasteiger partial charge < -0.3 is 11.1 Å². The molecule has 1 amide bonds. The second kappa shape index (κ2) is 6.37. The fraction of sp³-hybridized carbons (Fsp3) is 0.500. The van der Waals surface area contributed by atoms with Gasteiger partial charge in [0.1, 0.15) is 5.75 Å². The Hall–Kier alpha value is -1.40. The number of nitrogens with one attached hydrogen (secondary N) is 1. The summed E-state index contributed by atoms with van der Waals surface area (Å²) in [5, 5.41) is 2.27. The van der Waals surface area contributed by atoms with Crippen molar-refractivity contribution in [2.45, 2.75) is 37.5 Å². The molecule has 0 heterocycles. The molecule has 3 N–H and O–H groups in total. The number of sulfone groups is 1. The van der Waals surface area contributed by atoms with Crippen molar-refractivity contribution in [2.75, 3.05) is 11.1 Å². The Bertz CT molecular complexity index is 561. The summed E-state index contributed by atoms with van der Waals surface area (Å²) in [4.78, 5) is 11.8. The van der Waals surface area contributed by atoms with E-state index in [0.29, 0.717) is 25.1 Å². The largest absolute Gasteiger partial charge is 0.326 e. The highest BCUT2D eigenvalue weighted by Gasteiger charge is 2.30. The van der Waals surface area contributed by atoms with Crippen LogP contribution in [0.25, 0.3) is 0 Å². The van der Waals surface area contributed by atoms with Crippen LogP contribution in [-0.2, 0) is 21.2 Å². The Labute approximate surface area is 119 Å². The normalized spacial score (nSPS) is 16.2. The van der Waals surface area contributed by atoms with E-state index >= 15 is 0 Å². The summed E-state index contributed by atoms with van der Waals surface area (Å²) >= 11 is 0. The lowest BCUT2D eigenvalue weighted by molar-refractivity contribution is -0.113. The van der Waals surface area contributed by atoms with Gasteiger partial charge >= 0.3 is 0 Å². The first kappa shape index (κ1) is 15.0. The summed E-state index contributed by atoms with van der Waals surface area (Å²) in [5.74, 6) is -0.909. The number of anilines is 1. The molecule has 5 nitrogen and oxygen atoms in total. The second-order valence-electron chi connectivity index (χ2n) is 5.16. The Morgan fingerprint density at radius 1 is 1.20 bits per heavy atom. The van der Waals surface area contributed by atoms with E-state index in [-0.39, 0.29) is 5.25 Å². The van der Waals surface area contributed by atoms with E-state index < -0.39 is 21.5 Å². The molecule has 1 aromatic rings. The summed E-state index contributed by atoms with van der Waals surface area (Å²) in [6.07, 6.45) is 3.24. The van der Waals surface area contributed by atoms with E-state index in [4.69, 9.17) is 5.73 Å². The number of amides is 1. The Balaban J connectivity index is 1.94. The zero-order chi connectivity index (χ0) is 14.6. The van der Waals surface area contributed by atoms with Gasteiger partial charge in [-0.2, -0.15) is 0 Å². The number of carbonyl (C=O) groups is 1. The first-order chi connectivity index (χ1) is 9.51. The maximum atomic E-state index is 12.1. The molecular weight excluding hydrogens is 276 g/mol. The highest BCUT2D eigenvalue weighted by atomic mass is 32.2. The van der Waals surface area contributed by atoms with Crippen LogP contribution in [0.2, 0.25) is 0 Å². The van der Waals surface area contributed by atoms with Crippen LogP contribution in [0.4, 0.5) is 5.69 Å². The molecular formula is C14H20N2O3S. The molecule has 110 valence electrons. The number of hydrogen-bond acceptors (Lipinski definition) is 4. The quantitative estimate of drug-likeness (QED) is 0.860. The molecule has 0 unspecified atom stereocenters. The van der Waals surface area contributed by atoms with Gasteiger partial charge in [0.25, 0.3) is 0 Å². The van der Waals surface area contributed by atoms with E-state index in [2.05, 4.69) is 5.32 Å². The minimum Gasteiger partial charge on any atom is -0.326 e. The molecule has 0 radical (unpaired) electrons. The van der Waals surface area contributed by atoms with Gasteiger partial charge in [0.05, 0.1) is 5.25 Å². The van der Waals surface area contributed by atoms with Gasteiger partial charge in [0.2, 0.25) is 5.91 Å². The van der Waals surface area contributed by atoms with Crippen molar-refractivity contribution in [3.05, 3.63) is 29.8 Å². The van der Waals surface area contributed by atoms with E-state index in [1.165, 1.54) is 0 Å². The van der Waals surface area contributed by atoms with Crippen LogP contribution in [-0.4, -0.2) is 25.3 Å². The molecule has 1 saturated carbocycles. The first-order valence-electron chi connectivity index (χ1n) is 6.82. The van der Waals surface area contributed by atoms with E-state index in [1.54, 1.807) is 24.3 Å². The lowest BCUT2D eigenvalue weighted by atomic mass is 10.2. The van der Waals surface area contributed by atoms with Crippen LogP contribution in [0.15, 0.2) is 24.3 Å². The summed E-state index contributed by atoms with van der Waals surface area (Å²) in [6, 6.07) is 7.06. The highest BCUT2D eigenvalue weighted by Crippen LogP contribution is 2.25. The molecule has 1 aliphatic carbocycles. The number of benzene rings is 1. The van der Waals surface area contributed by atoms with Crippen molar-refractivity contribution in [2.24, 2.45) is 5.73 Å². The Morgan fingerprint density at radius 2 is 1.80 bits per heavy atom. The molecule has 0 spiro atoms. The molecule has 0 aliphatic heterocycles. The minimum absolute atomic E-state index is 0.340. The van der Waals surface area contributed by atoms with Crippen LogP contribution in [0.5, 0.6) is 0 Å².